The molecule has 0 aliphatic carbocycles. The van der Waals surface area contributed by atoms with E-state index in [0.29, 0.717) is 6.04 Å². The second-order valence-corrected chi connectivity index (χ2v) is 4.43. The van der Waals surface area contributed by atoms with Crippen molar-refractivity contribution < 1.29 is 0 Å². The van der Waals surface area contributed by atoms with E-state index < -0.39 is 0 Å². The number of hydrogen-bond donors (Lipinski definition) is 0. The smallest absolute Gasteiger partial charge is 0.131 e. The SMILES string of the molecule is CN1CCC(n2nnc3cnccc32)CC1. The molecule has 5 nitrogen and oxygen atoms in total. The molecule has 3 heterocycles. The lowest BCUT2D eigenvalue weighted by Crippen LogP contribution is -2.31. The van der Waals surface area contributed by atoms with Gasteiger partial charge in [-0.2, -0.15) is 0 Å². The molecule has 0 aromatic carbocycles. The van der Waals surface area contributed by atoms with Gasteiger partial charge in [-0.05, 0) is 39.0 Å². The fourth-order valence-electron chi connectivity index (χ4n) is 2.30. The fourth-order valence-corrected chi connectivity index (χ4v) is 2.30. The van der Waals surface area contributed by atoms with Crippen molar-refractivity contribution in [3.8, 4) is 0 Å². The van der Waals surface area contributed by atoms with Crippen molar-refractivity contribution in [2.45, 2.75) is 18.9 Å². The highest BCUT2D eigenvalue weighted by molar-refractivity contribution is 5.72. The highest BCUT2D eigenvalue weighted by atomic mass is 15.4. The topological polar surface area (TPSA) is 46.8 Å². The first-order valence-corrected chi connectivity index (χ1v) is 5.68. The molecule has 16 heavy (non-hydrogen) atoms. The summed E-state index contributed by atoms with van der Waals surface area (Å²) in [5.74, 6) is 0. The third-order valence-electron chi connectivity index (χ3n) is 3.31. The predicted molar refractivity (Wildman–Crippen MR) is 61.1 cm³/mol. The van der Waals surface area contributed by atoms with E-state index in [1.165, 1.54) is 0 Å². The van der Waals surface area contributed by atoms with E-state index in [1.54, 1.807) is 12.4 Å². The Morgan fingerprint density at radius 3 is 2.94 bits per heavy atom. The molecule has 84 valence electrons. The Balaban J connectivity index is 1.94. The highest BCUT2D eigenvalue weighted by Crippen LogP contribution is 2.23. The maximum atomic E-state index is 4.25. The molecule has 0 atom stereocenters. The normalized spacial score (nSPS) is 19.3. The molecule has 0 bridgehead atoms. The van der Waals surface area contributed by atoms with Gasteiger partial charge in [-0.25, -0.2) is 4.68 Å². The molecule has 1 aliphatic heterocycles. The van der Waals surface area contributed by atoms with Gasteiger partial charge >= 0.3 is 0 Å². The highest BCUT2D eigenvalue weighted by Gasteiger charge is 2.20. The van der Waals surface area contributed by atoms with E-state index in [4.69, 9.17) is 0 Å². The Morgan fingerprint density at radius 2 is 2.12 bits per heavy atom. The van der Waals surface area contributed by atoms with Crippen LogP contribution in [-0.2, 0) is 0 Å². The van der Waals surface area contributed by atoms with E-state index in [0.717, 1.165) is 37.0 Å². The van der Waals surface area contributed by atoms with Crippen molar-refractivity contribution in [3.63, 3.8) is 0 Å². The van der Waals surface area contributed by atoms with Gasteiger partial charge in [-0.1, -0.05) is 5.21 Å². The minimum absolute atomic E-state index is 0.489. The molecule has 2 aromatic heterocycles. The molecule has 0 spiro atoms. The first-order valence-electron chi connectivity index (χ1n) is 5.68. The minimum Gasteiger partial charge on any atom is -0.306 e. The van der Waals surface area contributed by atoms with Crippen LogP contribution in [0.15, 0.2) is 18.5 Å². The van der Waals surface area contributed by atoms with Crippen LogP contribution in [0.4, 0.5) is 0 Å². The van der Waals surface area contributed by atoms with Crippen LogP contribution >= 0.6 is 0 Å². The molecule has 0 N–H and O–H groups in total. The molecular weight excluding hydrogens is 202 g/mol. The van der Waals surface area contributed by atoms with Gasteiger partial charge in [-0.15, -0.1) is 5.10 Å². The number of fused-ring (bicyclic) bond motifs is 1. The van der Waals surface area contributed by atoms with Crippen molar-refractivity contribution in [2.75, 3.05) is 20.1 Å². The standard InChI is InChI=1S/C11H15N5/c1-15-6-3-9(4-7-15)16-11-2-5-12-8-10(11)13-14-16/h2,5,8-9H,3-4,6-7H2,1H3. The Morgan fingerprint density at radius 1 is 1.31 bits per heavy atom. The Bertz CT molecular complexity index is 484. The van der Waals surface area contributed by atoms with E-state index in [9.17, 15) is 0 Å². The summed E-state index contributed by atoms with van der Waals surface area (Å²) in [4.78, 5) is 6.42. The van der Waals surface area contributed by atoms with Crippen molar-refractivity contribution in [1.82, 2.24) is 24.9 Å². The quantitative estimate of drug-likeness (QED) is 0.717. The lowest BCUT2D eigenvalue weighted by atomic mass is 10.1. The first-order chi connectivity index (χ1) is 7.84. The summed E-state index contributed by atoms with van der Waals surface area (Å²) >= 11 is 0. The van der Waals surface area contributed by atoms with Crippen LogP contribution in [0.1, 0.15) is 18.9 Å². The van der Waals surface area contributed by atoms with Gasteiger partial charge in [0.2, 0.25) is 0 Å². The maximum Gasteiger partial charge on any atom is 0.131 e. The van der Waals surface area contributed by atoms with E-state index in [2.05, 4.69) is 31.9 Å². The zero-order chi connectivity index (χ0) is 11.0. The van der Waals surface area contributed by atoms with Crippen LogP contribution in [0.5, 0.6) is 0 Å². The molecule has 0 unspecified atom stereocenters. The van der Waals surface area contributed by atoms with Gasteiger partial charge in [0.15, 0.2) is 0 Å². The Hall–Kier alpha value is -1.49. The third-order valence-corrected chi connectivity index (χ3v) is 3.31. The molecule has 0 saturated carbocycles. The van der Waals surface area contributed by atoms with E-state index in [1.807, 2.05) is 6.07 Å². The Kier molecular flexibility index (Phi) is 2.32. The number of piperidine rings is 1. The molecule has 1 fully saturated rings. The van der Waals surface area contributed by atoms with Crippen LogP contribution in [0, 0.1) is 0 Å². The van der Waals surface area contributed by atoms with E-state index in [-0.39, 0.29) is 0 Å². The summed E-state index contributed by atoms with van der Waals surface area (Å²) < 4.78 is 2.06. The summed E-state index contributed by atoms with van der Waals surface area (Å²) in [6.07, 6.45) is 5.87. The lowest BCUT2D eigenvalue weighted by Gasteiger charge is -2.28. The van der Waals surface area contributed by atoms with Crippen molar-refractivity contribution in [2.24, 2.45) is 0 Å². The lowest BCUT2D eigenvalue weighted by molar-refractivity contribution is 0.213. The molecule has 5 heteroatoms. The van der Waals surface area contributed by atoms with Gasteiger partial charge in [-0.3, -0.25) is 4.98 Å². The van der Waals surface area contributed by atoms with Gasteiger partial charge in [0.25, 0.3) is 0 Å². The van der Waals surface area contributed by atoms with Crippen molar-refractivity contribution in [1.29, 1.82) is 0 Å². The molecule has 2 aromatic rings. The molecule has 0 radical (unpaired) electrons. The first kappa shape index (κ1) is 9.72. The molecule has 3 rings (SSSR count). The van der Waals surface area contributed by atoms with Crippen LogP contribution in [0.2, 0.25) is 0 Å². The van der Waals surface area contributed by atoms with Gasteiger partial charge < -0.3 is 4.90 Å². The number of nitrogens with zero attached hydrogens (tertiary/aromatic N) is 5. The van der Waals surface area contributed by atoms with Crippen molar-refractivity contribution in [3.05, 3.63) is 18.5 Å². The second-order valence-electron chi connectivity index (χ2n) is 4.43. The molecular formula is C11H15N5. The number of pyridine rings is 1. The van der Waals surface area contributed by atoms with Gasteiger partial charge in [0.1, 0.15) is 5.52 Å². The minimum atomic E-state index is 0.489. The van der Waals surface area contributed by atoms with Crippen LogP contribution in [0.25, 0.3) is 11.0 Å². The second kappa shape index (κ2) is 3.83. The number of likely N-dealkylation sites (tertiary alicyclic amines) is 1. The maximum absolute atomic E-state index is 4.25. The summed E-state index contributed by atoms with van der Waals surface area (Å²) in [6.45, 7) is 2.27. The summed E-state index contributed by atoms with van der Waals surface area (Å²) in [5.41, 5.74) is 1.99. The van der Waals surface area contributed by atoms with Crippen LogP contribution < -0.4 is 0 Å². The zero-order valence-corrected chi connectivity index (χ0v) is 9.37. The summed E-state index contributed by atoms with van der Waals surface area (Å²) in [7, 11) is 2.17. The molecule has 0 amide bonds. The van der Waals surface area contributed by atoms with Crippen molar-refractivity contribution >= 4 is 11.0 Å². The largest absolute Gasteiger partial charge is 0.306 e. The van der Waals surface area contributed by atoms with Crippen LogP contribution in [-0.4, -0.2) is 45.0 Å². The predicted octanol–water partition coefficient (Wildman–Crippen LogP) is 1.09. The monoisotopic (exact) mass is 217 g/mol. The third kappa shape index (κ3) is 1.57. The zero-order valence-electron chi connectivity index (χ0n) is 9.37. The summed E-state index contributed by atoms with van der Waals surface area (Å²) in [6, 6.07) is 2.48. The summed E-state index contributed by atoms with van der Waals surface area (Å²) in [5, 5.41) is 8.40. The average molecular weight is 217 g/mol. The number of aromatic nitrogens is 4. The Labute approximate surface area is 94.1 Å². The average Bonchev–Trinajstić information content (AvgIpc) is 2.74. The fraction of sp³-hybridized carbons (Fsp3) is 0.545. The molecule has 1 aliphatic rings. The number of hydrogen-bond acceptors (Lipinski definition) is 4. The van der Waals surface area contributed by atoms with E-state index >= 15 is 0 Å². The van der Waals surface area contributed by atoms with Gasteiger partial charge in [0.05, 0.1) is 17.8 Å². The van der Waals surface area contributed by atoms with Gasteiger partial charge in [0, 0.05) is 6.20 Å². The number of rotatable bonds is 1. The molecule has 1 saturated heterocycles. The van der Waals surface area contributed by atoms with Crippen LogP contribution in [0.3, 0.4) is 0 Å².